The van der Waals surface area contributed by atoms with Crippen LogP contribution in [-0.2, 0) is 51.2 Å². The highest BCUT2D eigenvalue weighted by molar-refractivity contribution is 6.01. The normalized spacial score (nSPS) is 16.3. The number of nitrogens with one attached hydrogen (secondary N) is 5. The number of benzene rings is 1. The molecule has 1 aliphatic carbocycles. The Bertz CT molecular complexity index is 1760. The van der Waals surface area contributed by atoms with E-state index in [1.54, 1.807) is 27.0 Å². The van der Waals surface area contributed by atoms with Crippen molar-refractivity contribution in [3.05, 3.63) is 54.1 Å². The molecule has 2 fully saturated rings. The van der Waals surface area contributed by atoms with Crippen LogP contribution in [0.15, 0.2) is 42.9 Å². The first-order chi connectivity index (χ1) is 30.7. The zero-order valence-corrected chi connectivity index (χ0v) is 38.0. The van der Waals surface area contributed by atoms with Crippen LogP contribution >= 0.6 is 0 Å². The van der Waals surface area contributed by atoms with Gasteiger partial charge in [0.2, 0.25) is 17.7 Å². The minimum atomic E-state index is -1.17. The molecule has 64 heavy (non-hydrogen) atoms. The molecule has 1 saturated carbocycles. The van der Waals surface area contributed by atoms with E-state index in [9.17, 15) is 38.7 Å². The summed E-state index contributed by atoms with van der Waals surface area (Å²) in [6.45, 7) is 5.64. The predicted molar refractivity (Wildman–Crippen MR) is 238 cm³/mol. The number of hydrogen-bond donors (Lipinski definition) is 6. The fourth-order valence-electron chi connectivity index (χ4n) is 8.05. The van der Waals surface area contributed by atoms with Gasteiger partial charge in [-0.05, 0) is 51.5 Å². The van der Waals surface area contributed by atoms with E-state index in [4.69, 9.17) is 9.57 Å². The molecular weight excluding hydrogens is 823 g/mol. The van der Waals surface area contributed by atoms with Crippen LogP contribution in [0.3, 0.4) is 0 Å². The highest BCUT2D eigenvalue weighted by Gasteiger charge is 2.34. The highest BCUT2D eigenvalue weighted by Crippen LogP contribution is 2.28. The van der Waals surface area contributed by atoms with Gasteiger partial charge in [-0.15, -0.1) is 5.06 Å². The van der Waals surface area contributed by atoms with E-state index >= 15 is 0 Å². The summed E-state index contributed by atoms with van der Waals surface area (Å²) in [6, 6.07) is 6.26. The summed E-state index contributed by atoms with van der Waals surface area (Å²) in [5.74, 6) is -2.69. The van der Waals surface area contributed by atoms with Crippen molar-refractivity contribution in [3.8, 4) is 0 Å². The second kappa shape index (κ2) is 27.1. The van der Waals surface area contributed by atoms with E-state index in [0.29, 0.717) is 30.1 Å². The van der Waals surface area contributed by atoms with Crippen LogP contribution in [0.2, 0.25) is 0 Å². The number of carbonyl (C=O) groups is 7. The maximum absolute atomic E-state index is 14.2. The first-order valence-corrected chi connectivity index (χ1v) is 23.3. The van der Waals surface area contributed by atoms with E-state index in [2.05, 4.69) is 31.2 Å². The molecule has 0 spiro atoms. The molecule has 0 bridgehead atoms. The first-order valence-electron chi connectivity index (χ1n) is 23.3. The minimum Gasteiger partial charge on any atom is -0.444 e. The third-order valence-corrected chi connectivity index (χ3v) is 11.5. The maximum atomic E-state index is 14.2. The summed E-state index contributed by atoms with van der Waals surface area (Å²) in [7, 11) is 0. The largest absolute Gasteiger partial charge is 0.444 e. The first kappa shape index (κ1) is 51.3. The zero-order chi connectivity index (χ0) is 46.3. The fraction of sp³-hybridized carbons (Fsp3) is 0.660. The van der Waals surface area contributed by atoms with Crippen molar-refractivity contribution < 1.29 is 48.2 Å². The number of hydroxylamine groups is 2. The van der Waals surface area contributed by atoms with Crippen molar-refractivity contribution in [1.82, 2.24) is 36.3 Å². The average Bonchev–Trinajstić information content (AvgIpc) is 3.88. The molecule has 1 aromatic carbocycles. The number of carbonyl (C=O) groups excluding carboxylic acids is 7. The van der Waals surface area contributed by atoms with Crippen molar-refractivity contribution in [1.29, 1.82) is 0 Å². The Morgan fingerprint density at radius 1 is 0.812 bits per heavy atom. The molecule has 2 heterocycles. The van der Waals surface area contributed by atoms with Gasteiger partial charge in [-0.3, -0.25) is 24.0 Å². The van der Waals surface area contributed by atoms with Crippen molar-refractivity contribution in [3.63, 3.8) is 0 Å². The Morgan fingerprint density at radius 3 is 2.05 bits per heavy atom. The van der Waals surface area contributed by atoms with Gasteiger partial charge in [-0.2, -0.15) is 0 Å². The number of aliphatic hydroxyl groups is 1. The van der Waals surface area contributed by atoms with Crippen LogP contribution in [0.4, 0.5) is 4.79 Å². The molecule has 354 valence electrons. The summed E-state index contributed by atoms with van der Waals surface area (Å²) in [4.78, 5) is 101. The Morgan fingerprint density at radius 2 is 1.42 bits per heavy atom. The van der Waals surface area contributed by atoms with Crippen molar-refractivity contribution >= 4 is 41.6 Å². The van der Waals surface area contributed by atoms with Gasteiger partial charge in [0.25, 0.3) is 11.8 Å². The number of aromatic amines is 1. The van der Waals surface area contributed by atoms with Crippen molar-refractivity contribution in [2.45, 2.75) is 185 Å². The van der Waals surface area contributed by atoms with Gasteiger partial charge in [0.15, 0.2) is 0 Å². The van der Waals surface area contributed by atoms with E-state index in [0.717, 1.165) is 89.0 Å². The lowest BCUT2D eigenvalue weighted by atomic mass is 9.83. The van der Waals surface area contributed by atoms with Gasteiger partial charge in [0, 0.05) is 50.5 Å². The quantitative estimate of drug-likeness (QED) is 0.0490. The van der Waals surface area contributed by atoms with Gasteiger partial charge in [0.05, 0.1) is 24.9 Å². The third kappa shape index (κ3) is 19.6. The third-order valence-electron chi connectivity index (χ3n) is 11.5. The number of imidazole rings is 1. The zero-order valence-electron chi connectivity index (χ0n) is 38.0. The van der Waals surface area contributed by atoms with Gasteiger partial charge in [-0.25, -0.2) is 14.6 Å². The summed E-state index contributed by atoms with van der Waals surface area (Å²) < 4.78 is 5.46. The second-order valence-electron chi connectivity index (χ2n) is 18.2. The molecule has 1 saturated heterocycles. The maximum Gasteiger partial charge on any atom is 0.408 e. The van der Waals surface area contributed by atoms with E-state index in [1.165, 1.54) is 6.33 Å². The Hall–Kier alpha value is -5.32. The summed E-state index contributed by atoms with van der Waals surface area (Å²) >= 11 is 0. The number of alkyl carbamates (subject to hydrolysis) is 1. The number of hydrogen-bond acceptors (Lipinski definition) is 11. The standard InChI is InChI=1S/C47H71N7O10/c1-47(2,3)63-46(62)53-37(28-34-21-15-12-16-22-34)44(60)52-38(29-35-31-48-32-50-35)45(61)51-36(27-33-19-13-11-14-20-33)39(55)30-40(56)49-26-18-10-8-6-4-5-7-9-17-23-43(59)64-54-41(57)24-25-42(54)58/h12,15-16,21-22,31-33,36-39,55H,4-11,13-14,17-20,23-30H2,1-3H3,(H,48,50)(H,49,56)(H,51,61)(H,52,60)(H,53,62)/t36-,37-,38-,39-/m0/s1. The highest BCUT2D eigenvalue weighted by atomic mass is 16.7. The van der Waals surface area contributed by atoms with Crippen LogP contribution in [-0.4, -0.2) is 98.1 Å². The molecule has 0 radical (unpaired) electrons. The van der Waals surface area contributed by atoms with Crippen LogP contribution in [0, 0.1) is 5.92 Å². The molecule has 4 atom stereocenters. The molecule has 17 nitrogen and oxygen atoms in total. The molecule has 6 N–H and O–H groups in total. The summed E-state index contributed by atoms with van der Waals surface area (Å²) in [5, 5.41) is 23.6. The van der Waals surface area contributed by atoms with Crippen molar-refractivity contribution in [2.75, 3.05) is 6.54 Å². The van der Waals surface area contributed by atoms with Crippen LogP contribution in [0.1, 0.15) is 154 Å². The molecule has 0 unspecified atom stereocenters. The van der Waals surface area contributed by atoms with E-state index in [1.807, 2.05) is 30.3 Å². The van der Waals surface area contributed by atoms with E-state index < -0.39 is 65.5 Å². The number of amides is 6. The Labute approximate surface area is 377 Å². The topological polar surface area (TPSA) is 238 Å². The molecule has 1 aliphatic heterocycles. The molecule has 17 heteroatoms. The number of aliphatic hydroxyl groups excluding tert-OH is 1. The Balaban J connectivity index is 1.24. The molecule has 6 amide bonds. The van der Waals surface area contributed by atoms with Crippen LogP contribution < -0.4 is 21.3 Å². The van der Waals surface area contributed by atoms with Gasteiger partial charge >= 0.3 is 12.1 Å². The molecular formula is C47H71N7O10. The lowest BCUT2D eigenvalue weighted by molar-refractivity contribution is -0.197. The number of aromatic nitrogens is 2. The second-order valence-corrected chi connectivity index (χ2v) is 18.2. The van der Waals surface area contributed by atoms with Gasteiger partial charge in [0.1, 0.15) is 17.7 Å². The minimum absolute atomic E-state index is 0.0571. The van der Waals surface area contributed by atoms with E-state index in [-0.39, 0.29) is 50.4 Å². The molecule has 1 aromatic heterocycles. The average molecular weight is 894 g/mol. The number of unbranched alkanes of at least 4 members (excludes halogenated alkanes) is 8. The van der Waals surface area contributed by atoms with Gasteiger partial charge < -0.3 is 40.9 Å². The molecule has 2 aliphatic rings. The number of imide groups is 1. The number of H-pyrrole nitrogens is 1. The lowest BCUT2D eigenvalue weighted by Gasteiger charge is -2.31. The fourth-order valence-corrected chi connectivity index (χ4v) is 8.05. The smallest absolute Gasteiger partial charge is 0.408 e. The number of nitrogens with zero attached hydrogens (tertiary/aromatic N) is 2. The summed E-state index contributed by atoms with van der Waals surface area (Å²) in [6.07, 6.45) is 15.4. The molecule has 2 aromatic rings. The van der Waals surface area contributed by atoms with Crippen molar-refractivity contribution in [2.24, 2.45) is 5.92 Å². The number of rotatable bonds is 27. The van der Waals surface area contributed by atoms with Crippen LogP contribution in [0.5, 0.6) is 0 Å². The molecule has 4 rings (SSSR count). The van der Waals surface area contributed by atoms with Crippen LogP contribution in [0.25, 0.3) is 0 Å². The monoisotopic (exact) mass is 894 g/mol. The summed E-state index contributed by atoms with van der Waals surface area (Å²) in [5.41, 5.74) is 0.582. The van der Waals surface area contributed by atoms with Gasteiger partial charge in [-0.1, -0.05) is 107 Å². The Kier molecular flexibility index (Phi) is 21.7. The SMILES string of the molecule is CC(C)(C)OC(=O)N[C@@H](Cc1ccccc1)C(=O)N[C@@H](Cc1cnc[nH]1)C(=O)N[C@@H](CC1CCCCC1)[C@@H](O)CC(=O)NCCCCCCCCCCCC(=O)ON1C(=O)CCC1=O. The number of ether oxygens (including phenoxy) is 1. The lowest BCUT2D eigenvalue weighted by Crippen LogP contribution is -2.58. The predicted octanol–water partition coefficient (Wildman–Crippen LogP) is 5.40.